The van der Waals surface area contributed by atoms with Crippen LogP contribution in [-0.2, 0) is 4.79 Å². The molecule has 1 N–H and O–H groups in total. The second-order valence-corrected chi connectivity index (χ2v) is 7.21. The molecule has 1 aromatic carbocycles. The van der Waals surface area contributed by atoms with Crippen molar-refractivity contribution in [3.8, 4) is 5.75 Å². The van der Waals surface area contributed by atoms with Gasteiger partial charge >= 0.3 is 0 Å². The number of hydrazone groups is 1. The molecule has 0 aliphatic rings. The summed E-state index contributed by atoms with van der Waals surface area (Å²) in [6, 6.07) is 7.75. The van der Waals surface area contributed by atoms with Gasteiger partial charge in [-0.05, 0) is 74.8 Å². The van der Waals surface area contributed by atoms with Crippen molar-refractivity contribution in [3.63, 3.8) is 0 Å². The molecule has 0 spiro atoms. The number of hydrogen-bond donors (Lipinski definition) is 1. The zero-order chi connectivity index (χ0) is 16.1. The van der Waals surface area contributed by atoms with Crippen LogP contribution in [0.1, 0.15) is 17.4 Å². The van der Waals surface area contributed by atoms with Crippen LogP contribution in [0.5, 0.6) is 5.75 Å². The average molecular weight is 446 g/mol. The Morgan fingerprint density at radius 1 is 1.36 bits per heavy atom. The second kappa shape index (κ2) is 7.89. The van der Waals surface area contributed by atoms with E-state index in [-0.39, 0.29) is 12.5 Å². The number of rotatable bonds is 5. The van der Waals surface area contributed by atoms with Gasteiger partial charge in [-0.15, -0.1) is 11.3 Å². The van der Waals surface area contributed by atoms with Crippen molar-refractivity contribution in [2.24, 2.45) is 5.10 Å². The first-order valence-electron chi connectivity index (χ1n) is 6.43. The maximum atomic E-state index is 11.8. The number of hydrogen-bond acceptors (Lipinski definition) is 4. The Morgan fingerprint density at radius 2 is 2.05 bits per heavy atom. The molecule has 0 aliphatic carbocycles. The van der Waals surface area contributed by atoms with Crippen molar-refractivity contribution in [2.45, 2.75) is 13.8 Å². The zero-order valence-electron chi connectivity index (χ0n) is 12.0. The molecule has 7 heteroatoms. The molecular formula is C15H14Br2N2O2S. The van der Waals surface area contributed by atoms with Crippen molar-refractivity contribution in [2.75, 3.05) is 6.61 Å². The fourth-order valence-electron chi connectivity index (χ4n) is 1.68. The molecule has 0 aliphatic heterocycles. The molecule has 0 bridgehead atoms. The lowest BCUT2D eigenvalue weighted by Gasteiger charge is -2.10. The monoisotopic (exact) mass is 444 g/mol. The number of amides is 1. The first-order chi connectivity index (χ1) is 10.5. The molecule has 0 radical (unpaired) electrons. The topological polar surface area (TPSA) is 50.7 Å². The maximum Gasteiger partial charge on any atom is 0.277 e. The summed E-state index contributed by atoms with van der Waals surface area (Å²) in [6.45, 7) is 3.72. The number of carbonyl (C=O) groups is 1. The Bertz CT molecular complexity index is 677. The Morgan fingerprint density at radius 3 is 2.64 bits per heavy atom. The predicted molar refractivity (Wildman–Crippen MR) is 96.7 cm³/mol. The molecule has 22 heavy (non-hydrogen) atoms. The van der Waals surface area contributed by atoms with Gasteiger partial charge in [-0.1, -0.05) is 6.07 Å². The highest BCUT2D eigenvalue weighted by Crippen LogP contribution is 2.34. The number of carbonyl (C=O) groups excluding carboxylic acids is 1. The highest BCUT2D eigenvalue weighted by atomic mass is 79.9. The normalized spacial score (nSPS) is 11.4. The summed E-state index contributed by atoms with van der Waals surface area (Å²) in [7, 11) is 0. The predicted octanol–water partition coefficient (Wildman–Crippen LogP) is 4.50. The van der Waals surface area contributed by atoms with E-state index in [1.165, 1.54) is 0 Å². The summed E-state index contributed by atoms with van der Waals surface area (Å²) in [5, 5.41) is 6.03. The number of ether oxygens (including phenoxy) is 1. The van der Waals surface area contributed by atoms with Gasteiger partial charge in [-0.25, -0.2) is 5.43 Å². The Kier molecular flexibility index (Phi) is 6.16. The molecule has 2 rings (SSSR count). The number of thiophene rings is 1. The van der Waals surface area contributed by atoms with E-state index in [9.17, 15) is 4.79 Å². The number of aryl methyl sites for hydroxylation is 1. The van der Waals surface area contributed by atoms with E-state index in [0.717, 1.165) is 25.1 Å². The van der Waals surface area contributed by atoms with Crippen LogP contribution in [0.4, 0.5) is 0 Å². The smallest absolute Gasteiger partial charge is 0.277 e. The number of nitrogens with zero attached hydrogens (tertiary/aromatic N) is 1. The summed E-state index contributed by atoms with van der Waals surface area (Å²) in [4.78, 5) is 12.8. The second-order valence-electron chi connectivity index (χ2n) is 4.56. The van der Waals surface area contributed by atoms with Crippen molar-refractivity contribution >= 4 is 54.8 Å². The quantitative estimate of drug-likeness (QED) is 0.544. The molecule has 4 nitrogen and oxygen atoms in total. The minimum Gasteiger partial charge on any atom is -0.481 e. The third-order valence-electron chi connectivity index (χ3n) is 2.72. The molecule has 1 aromatic heterocycles. The molecule has 0 saturated carbocycles. The van der Waals surface area contributed by atoms with Crippen LogP contribution in [0.2, 0.25) is 0 Å². The Labute approximate surface area is 149 Å². The molecule has 0 saturated heterocycles. The molecule has 0 unspecified atom stereocenters. The number of nitrogens with one attached hydrogen (secondary N) is 1. The minimum absolute atomic E-state index is 0.110. The van der Waals surface area contributed by atoms with Gasteiger partial charge in [0.2, 0.25) is 0 Å². The van der Waals surface area contributed by atoms with Gasteiger partial charge in [0.15, 0.2) is 6.61 Å². The molecule has 0 fully saturated rings. The van der Waals surface area contributed by atoms with Crippen molar-refractivity contribution < 1.29 is 9.53 Å². The van der Waals surface area contributed by atoms with E-state index in [1.807, 2.05) is 43.5 Å². The zero-order valence-corrected chi connectivity index (χ0v) is 16.0. The molecule has 1 heterocycles. The lowest BCUT2D eigenvalue weighted by atomic mass is 10.2. The fourth-order valence-corrected chi connectivity index (χ4v) is 4.00. The molecule has 0 atom stereocenters. The highest BCUT2D eigenvalue weighted by Gasteiger charge is 2.10. The largest absolute Gasteiger partial charge is 0.481 e. The summed E-state index contributed by atoms with van der Waals surface area (Å²) >= 11 is 8.42. The summed E-state index contributed by atoms with van der Waals surface area (Å²) in [5.74, 6) is 0.287. The third kappa shape index (κ3) is 4.66. The molecule has 2 aromatic rings. The van der Waals surface area contributed by atoms with Gasteiger partial charge in [0.25, 0.3) is 5.91 Å². The lowest BCUT2D eigenvalue weighted by Crippen LogP contribution is -2.25. The van der Waals surface area contributed by atoms with Crippen molar-refractivity contribution in [1.82, 2.24) is 5.43 Å². The molecular weight excluding hydrogens is 432 g/mol. The summed E-state index contributed by atoms with van der Waals surface area (Å²) in [5.41, 5.74) is 4.35. The summed E-state index contributed by atoms with van der Waals surface area (Å²) < 4.78 is 7.13. The van der Waals surface area contributed by atoms with E-state index < -0.39 is 0 Å². The Hall–Kier alpha value is -1.18. The molecule has 116 valence electrons. The van der Waals surface area contributed by atoms with Crippen LogP contribution in [0.3, 0.4) is 0 Å². The van der Waals surface area contributed by atoms with E-state index in [4.69, 9.17) is 4.74 Å². The van der Waals surface area contributed by atoms with Gasteiger partial charge in [0, 0.05) is 4.88 Å². The van der Waals surface area contributed by atoms with Crippen molar-refractivity contribution in [3.05, 3.63) is 49.0 Å². The first kappa shape index (κ1) is 17.2. The summed E-state index contributed by atoms with van der Waals surface area (Å²) in [6.07, 6.45) is 0. The average Bonchev–Trinajstić information content (AvgIpc) is 2.97. The highest BCUT2D eigenvalue weighted by molar-refractivity contribution is 9.11. The maximum absolute atomic E-state index is 11.8. The van der Waals surface area contributed by atoms with E-state index in [2.05, 4.69) is 42.4 Å². The molecule has 1 amide bonds. The Balaban J connectivity index is 1.92. The standard InChI is InChI=1S/C15H14Br2N2O2S/c1-9-6-11(16)15(12(17)7-9)21-8-14(20)19-18-10(2)13-4-3-5-22-13/h3-7H,8H2,1-2H3,(H,19,20)/b18-10+. The van der Waals surface area contributed by atoms with Crippen molar-refractivity contribution in [1.29, 1.82) is 0 Å². The third-order valence-corrected chi connectivity index (χ3v) is 4.87. The van der Waals surface area contributed by atoms with Gasteiger partial charge in [0.1, 0.15) is 5.75 Å². The lowest BCUT2D eigenvalue weighted by molar-refractivity contribution is -0.123. The number of benzene rings is 1. The van der Waals surface area contributed by atoms with Gasteiger partial charge in [-0.3, -0.25) is 4.79 Å². The fraction of sp³-hybridized carbons (Fsp3) is 0.200. The van der Waals surface area contributed by atoms with E-state index in [1.54, 1.807) is 11.3 Å². The van der Waals surface area contributed by atoms with E-state index >= 15 is 0 Å². The van der Waals surface area contributed by atoms with Crippen LogP contribution in [0.15, 0.2) is 43.7 Å². The minimum atomic E-state index is -0.310. The first-order valence-corrected chi connectivity index (χ1v) is 8.89. The van der Waals surface area contributed by atoms with Crippen LogP contribution < -0.4 is 10.2 Å². The van der Waals surface area contributed by atoms with Crippen LogP contribution in [0.25, 0.3) is 0 Å². The van der Waals surface area contributed by atoms with Gasteiger partial charge in [0.05, 0.1) is 14.7 Å². The van der Waals surface area contributed by atoms with Gasteiger partial charge in [-0.2, -0.15) is 5.10 Å². The van der Waals surface area contributed by atoms with Crippen LogP contribution in [-0.4, -0.2) is 18.2 Å². The number of halogens is 2. The SMILES string of the molecule is C/C(=N\NC(=O)COc1c(Br)cc(C)cc1Br)c1cccs1. The van der Waals surface area contributed by atoms with E-state index in [0.29, 0.717) is 5.75 Å². The van der Waals surface area contributed by atoms with Crippen LogP contribution in [0, 0.1) is 6.92 Å². The van der Waals surface area contributed by atoms with Gasteiger partial charge < -0.3 is 4.74 Å². The van der Waals surface area contributed by atoms with Crippen LogP contribution >= 0.6 is 43.2 Å².